The quantitative estimate of drug-likeness (QED) is 0.402. The molecule has 148 valence electrons. The van der Waals surface area contributed by atoms with Crippen molar-refractivity contribution < 1.29 is 24.2 Å². The molecule has 30 heavy (non-hydrogen) atoms. The number of hydrogen-bond acceptors (Lipinski definition) is 7. The minimum atomic E-state index is -1.86. The highest BCUT2D eigenvalue weighted by atomic mass is 16.6. The van der Waals surface area contributed by atoms with Gasteiger partial charge in [-0.3, -0.25) is 9.59 Å². The number of carbonyl (C=O) groups is 2. The average Bonchev–Trinajstić information content (AvgIpc) is 3.07. The number of rotatable bonds is 2. The Morgan fingerprint density at radius 1 is 1.33 bits per heavy atom. The van der Waals surface area contributed by atoms with Crippen molar-refractivity contribution in [2.24, 2.45) is 0 Å². The molecule has 2 aromatic heterocycles. The van der Waals surface area contributed by atoms with Gasteiger partial charge in [-0.15, -0.1) is 0 Å². The molecule has 1 N–H and O–H groups in total. The Hall–Kier alpha value is -3.46. The van der Waals surface area contributed by atoms with E-state index in [1.54, 1.807) is 35.8 Å². The normalized spacial score (nSPS) is 19.1. The maximum absolute atomic E-state index is 13.1. The van der Waals surface area contributed by atoms with E-state index in [1.807, 2.05) is 6.07 Å². The van der Waals surface area contributed by atoms with Crippen LogP contribution in [0.5, 0.6) is 5.75 Å². The standard InChI is InChI=1S/C21H15BN2O6/c1-2-21(28)14-7-16-17-11(8-24(16)18(25)13(14)9-29-19(21)26)5-10-6-12(30-20(22)27)3-4-15(10)23-17/h3-7,28H,2,8-9H2,1H3/t21-/m0/s1. The Morgan fingerprint density at radius 3 is 2.87 bits per heavy atom. The summed E-state index contributed by atoms with van der Waals surface area (Å²) in [6.07, 6.45) is 0.0857. The third-order valence-electron chi connectivity index (χ3n) is 5.70. The Bertz CT molecular complexity index is 1330. The molecule has 8 nitrogen and oxygen atoms in total. The molecule has 0 saturated carbocycles. The number of hydrogen-bond donors (Lipinski definition) is 1. The molecule has 1 aromatic carbocycles. The van der Waals surface area contributed by atoms with Gasteiger partial charge in [-0.25, -0.2) is 9.78 Å². The molecule has 9 heteroatoms. The molecule has 0 fully saturated rings. The van der Waals surface area contributed by atoms with Crippen molar-refractivity contribution in [3.63, 3.8) is 0 Å². The number of benzene rings is 1. The van der Waals surface area contributed by atoms with Gasteiger partial charge < -0.3 is 19.1 Å². The molecule has 0 unspecified atom stereocenters. The molecular weight excluding hydrogens is 387 g/mol. The van der Waals surface area contributed by atoms with Crippen LogP contribution in [0, 0.1) is 0 Å². The van der Waals surface area contributed by atoms with Gasteiger partial charge in [0, 0.05) is 16.5 Å². The van der Waals surface area contributed by atoms with Crippen molar-refractivity contribution in [2.75, 3.05) is 0 Å². The lowest BCUT2D eigenvalue weighted by atomic mass is 9.86. The van der Waals surface area contributed by atoms with Gasteiger partial charge in [0.15, 0.2) is 5.60 Å². The lowest BCUT2D eigenvalue weighted by molar-refractivity contribution is -0.172. The fraction of sp³-hybridized carbons (Fsp3) is 0.238. The van der Waals surface area contributed by atoms with E-state index >= 15 is 0 Å². The topological polar surface area (TPSA) is 108 Å². The summed E-state index contributed by atoms with van der Waals surface area (Å²) in [5.74, 6) is -1.37. The molecule has 0 aliphatic carbocycles. The number of fused-ring (bicyclic) bond motifs is 5. The second kappa shape index (κ2) is 6.27. The van der Waals surface area contributed by atoms with Gasteiger partial charge in [0.25, 0.3) is 5.56 Å². The summed E-state index contributed by atoms with van der Waals surface area (Å²) in [4.78, 5) is 41.0. The molecule has 5 rings (SSSR count). The van der Waals surface area contributed by atoms with Crippen molar-refractivity contribution in [1.29, 1.82) is 0 Å². The van der Waals surface area contributed by atoms with Crippen LogP contribution in [0.4, 0.5) is 4.79 Å². The van der Waals surface area contributed by atoms with Crippen LogP contribution >= 0.6 is 0 Å². The van der Waals surface area contributed by atoms with E-state index in [2.05, 4.69) is 4.98 Å². The van der Waals surface area contributed by atoms with Crippen LogP contribution in [0.2, 0.25) is 0 Å². The summed E-state index contributed by atoms with van der Waals surface area (Å²) >= 11 is 0. The molecular formula is C21H15BN2O6. The number of ether oxygens (including phenoxy) is 2. The second-order valence-corrected chi connectivity index (χ2v) is 7.37. The van der Waals surface area contributed by atoms with Gasteiger partial charge in [-0.1, -0.05) is 6.92 Å². The highest BCUT2D eigenvalue weighted by Gasteiger charge is 2.45. The zero-order valence-corrected chi connectivity index (χ0v) is 16.0. The van der Waals surface area contributed by atoms with Crippen LogP contribution in [-0.4, -0.2) is 34.3 Å². The number of pyridine rings is 2. The van der Waals surface area contributed by atoms with E-state index in [1.165, 1.54) is 0 Å². The zero-order chi connectivity index (χ0) is 21.2. The van der Waals surface area contributed by atoms with E-state index in [0.717, 1.165) is 10.9 Å². The predicted molar refractivity (Wildman–Crippen MR) is 106 cm³/mol. The Kier molecular flexibility index (Phi) is 3.88. The molecule has 0 bridgehead atoms. The predicted octanol–water partition coefficient (Wildman–Crippen LogP) is 1.75. The van der Waals surface area contributed by atoms with Crippen molar-refractivity contribution >= 4 is 30.6 Å². The second-order valence-electron chi connectivity index (χ2n) is 7.37. The van der Waals surface area contributed by atoms with E-state index in [-0.39, 0.29) is 29.7 Å². The number of nitrogens with zero attached hydrogens (tertiary/aromatic N) is 2. The molecule has 0 saturated heterocycles. The van der Waals surface area contributed by atoms with Crippen LogP contribution < -0.4 is 10.3 Å². The largest absolute Gasteiger partial charge is 0.458 e. The van der Waals surface area contributed by atoms with E-state index < -0.39 is 17.4 Å². The Balaban J connectivity index is 1.70. The van der Waals surface area contributed by atoms with Crippen molar-refractivity contribution in [3.05, 3.63) is 57.4 Å². The van der Waals surface area contributed by atoms with Crippen molar-refractivity contribution in [2.45, 2.75) is 32.1 Å². The van der Waals surface area contributed by atoms with Crippen LogP contribution in [0.3, 0.4) is 0 Å². The van der Waals surface area contributed by atoms with Gasteiger partial charge >= 0.3 is 5.97 Å². The van der Waals surface area contributed by atoms with Gasteiger partial charge in [0.1, 0.15) is 12.4 Å². The van der Waals surface area contributed by atoms with Crippen LogP contribution in [0.15, 0.2) is 35.1 Å². The van der Waals surface area contributed by atoms with Crippen LogP contribution in [0.1, 0.15) is 30.0 Å². The Morgan fingerprint density at radius 2 is 2.13 bits per heavy atom. The highest BCUT2D eigenvalue weighted by molar-refractivity contribution is 6.55. The van der Waals surface area contributed by atoms with Crippen LogP contribution in [0.25, 0.3) is 22.3 Å². The van der Waals surface area contributed by atoms with Crippen molar-refractivity contribution in [1.82, 2.24) is 9.55 Å². The first-order valence-electron chi connectivity index (χ1n) is 9.40. The number of carbonyl (C=O) groups excluding carboxylic acids is 2. The minimum absolute atomic E-state index is 0.0857. The smallest absolute Gasteiger partial charge is 0.343 e. The lowest BCUT2D eigenvalue weighted by Gasteiger charge is -2.31. The number of aliphatic hydroxyl groups is 1. The van der Waals surface area contributed by atoms with Crippen LogP contribution in [-0.2, 0) is 28.3 Å². The average molecular weight is 402 g/mol. The molecule has 2 aliphatic heterocycles. The van der Waals surface area contributed by atoms with Crippen molar-refractivity contribution in [3.8, 4) is 17.1 Å². The maximum Gasteiger partial charge on any atom is 0.343 e. The molecule has 0 amide bonds. The van der Waals surface area contributed by atoms with Gasteiger partial charge in [0.05, 0.1) is 29.0 Å². The number of cyclic esters (lactones) is 1. The molecule has 3 aromatic rings. The first-order valence-corrected chi connectivity index (χ1v) is 9.40. The fourth-order valence-corrected chi connectivity index (χ4v) is 4.14. The van der Waals surface area contributed by atoms with E-state index in [9.17, 15) is 19.5 Å². The van der Waals surface area contributed by atoms with Gasteiger partial charge in [-0.2, -0.15) is 0 Å². The van der Waals surface area contributed by atoms with Gasteiger partial charge in [-0.05, 0) is 36.8 Å². The summed E-state index contributed by atoms with van der Waals surface area (Å²) in [6.45, 7) is 1.78. The summed E-state index contributed by atoms with van der Waals surface area (Å²) in [7, 11) is 5.07. The molecule has 2 aliphatic rings. The summed E-state index contributed by atoms with van der Waals surface area (Å²) in [5, 5.41) is 11.6. The van der Waals surface area contributed by atoms with Gasteiger partial charge in [0.2, 0.25) is 13.7 Å². The molecule has 1 atom stereocenters. The SMILES string of the molecule is [B]C(=O)Oc1ccc2nc3c(cc2c1)Cn1c-3cc2c(c1=O)COC(=O)[C@]2(O)CC. The molecule has 0 spiro atoms. The monoisotopic (exact) mass is 402 g/mol. The molecule has 2 radical (unpaired) electrons. The fourth-order valence-electron chi connectivity index (χ4n) is 4.14. The summed E-state index contributed by atoms with van der Waals surface area (Å²) in [6, 6.07) is 8.44. The highest BCUT2D eigenvalue weighted by Crippen LogP contribution is 2.38. The Labute approximate surface area is 171 Å². The first kappa shape index (κ1) is 18.6. The minimum Gasteiger partial charge on any atom is -0.458 e. The third-order valence-corrected chi connectivity index (χ3v) is 5.70. The number of esters is 1. The number of aromatic nitrogens is 2. The summed E-state index contributed by atoms with van der Waals surface area (Å²) < 4.78 is 11.5. The van der Waals surface area contributed by atoms with E-state index in [0.29, 0.717) is 29.2 Å². The van der Waals surface area contributed by atoms with E-state index in [4.69, 9.17) is 17.3 Å². The maximum atomic E-state index is 13.1. The molecule has 4 heterocycles. The summed E-state index contributed by atoms with van der Waals surface area (Å²) in [5.41, 5.74) is 0.942. The zero-order valence-electron chi connectivity index (χ0n) is 16.0. The third kappa shape index (κ3) is 2.52. The first-order chi connectivity index (χ1) is 14.3. The lowest BCUT2D eigenvalue weighted by Crippen LogP contribution is -2.44.